The largest absolute Gasteiger partial charge is 0.465 e. The van der Waals surface area contributed by atoms with E-state index in [1.54, 1.807) is 23.1 Å². The molecule has 2 aromatic rings. The molecule has 0 spiro atoms. The first-order chi connectivity index (χ1) is 9.70. The van der Waals surface area contributed by atoms with Crippen LogP contribution in [0.2, 0.25) is 0 Å². The lowest BCUT2D eigenvalue weighted by molar-refractivity contribution is 0.0600. The molecule has 1 amide bonds. The Balaban J connectivity index is 2.02. The van der Waals surface area contributed by atoms with Crippen LogP contribution in [0.5, 0.6) is 0 Å². The number of ether oxygens (including phenoxy) is 1. The molecule has 0 unspecified atom stereocenters. The van der Waals surface area contributed by atoms with Gasteiger partial charge in [-0.15, -0.1) is 0 Å². The number of aromatic amines is 1. The predicted molar refractivity (Wildman–Crippen MR) is 72.6 cm³/mol. The van der Waals surface area contributed by atoms with Gasteiger partial charge in [0.1, 0.15) is 0 Å². The molecule has 6 nitrogen and oxygen atoms in total. The second-order valence-electron chi connectivity index (χ2n) is 4.82. The van der Waals surface area contributed by atoms with Crippen LogP contribution >= 0.6 is 0 Å². The van der Waals surface area contributed by atoms with Crippen molar-refractivity contribution in [1.29, 1.82) is 0 Å². The maximum atomic E-state index is 12.4. The maximum absolute atomic E-state index is 12.4. The van der Waals surface area contributed by atoms with Gasteiger partial charge in [0.15, 0.2) is 5.69 Å². The smallest absolute Gasteiger partial charge is 0.337 e. The number of H-pyrrole nitrogens is 1. The average Bonchev–Trinajstić information content (AvgIpc) is 3.14. The van der Waals surface area contributed by atoms with Gasteiger partial charge in [-0.25, -0.2) is 4.79 Å². The Hall–Kier alpha value is -2.37. The summed E-state index contributed by atoms with van der Waals surface area (Å²) in [5.41, 5.74) is 1.52. The number of methoxy groups -OCH3 is 1. The van der Waals surface area contributed by atoms with Crippen LogP contribution < -0.4 is 0 Å². The maximum Gasteiger partial charge on any atom is 0.337 e. The molecule has 1 saturated heterocycles. The number of benzene rings is 1. The third kappa shape index (κ3) is 2.03. The Morgan fingerprint density at radius 2 is 2.05 bits per heavy atom. The van der Waals surface area contributed by atoms with Crippen LogP contribution in [0.15, 0.2) is 18.2 Å². The summed E-state index contributed by atoms with van der Waals surface area (Å²) in [5, 5.41) is 7.58. The van der Waals surface area contributed by atoms with Crippen LogP contribution in [0.25, 0.3) is 10.9 Å². The van der Waals surface area contributed by atoms with Gasteiger partial charge in [-0.3, -0.25) is 9.89 Å². The molecule has 1 fully saturated rings. The Bertz CT molecular complexity index is 671. The number of hydrogen-bond acceptors (Lipinski definition) is 4. The molecule has 1 aromatic carbocycles. The molecule has 0 bridgehead atoms. The molecule has 104 valence electrons. The minimum absolute atomic E-state index is 0.0873. The van der Waals surface area contributed by atoms with Crippen molar-refractivity contribution in [3.05, 3.63) is 29.5 Å². The summed E-state index contributed by atoms with van der Waals surface area (Å²) in [6.07, 6.45) is 2.06. The van der Waals surface area contributed by atoms with E-state index in [1.165, 1.54) is 7.11 Å². The third-order valence-electron chi connectivity index (χ3n) is 3.58. The van der Waals surface area contributed by atoms with Crippen molar-refractivity contribution in [2.45, 2.75) is 12.8 Å². The molecule has 0 aliphatic carbocycles. The van der Waals surface area contributed by atoms with Gasteiger partial charge in [-0.1, -0.05) is 0 Å². The van der Waals surface area contributed by atoms with Crippen LogP contribution in [0.3, 0.4) is 0 Å². The van der Waals surface area contributed by atoms with E-state index < -0.39 is 5.97 Å². The van der Waals surface area contributed by atoms with E-state index in [4.69, 9.17) is 4.74 Å². The predicted octanol–water partition coefficient (Wildman–Crippen LogP) is 1.59. The van der Waals surface area contributed by atoms with Crippen molar-refractivity contribution in [3.8, 4) is 0 Å². The molecule has 0 radical (unpaired) electrons. The normalized spacial score (nSPS) is 14.8. The zero-order valence-corrected chi connectivity index (χ0v) is 11.2. The van der Waals surface area contributed by atoms with E-state index >= 15 is 0 Å². The number of aromatic nitrogens is 2. The Morgan fingerprint density at radius 3 is 2.75 bits per heavy atom. The van der Waals surface area contributed by atoms with E-state index in [-0.39, 0.29) is 5.91 Å². The van der Waals surface area contributed by atoms with Gasteiger partial charge in [0, 0.05) is 18.5 Å². The topological polar surface area (TPSA) is 75.3 Å². The number of amides is 1. The Kier molecular flexibility index (Phi) is 3.14. The Labute approximate surface area is 115 Å². The van der Waals surface area contributed by atoms with Crippen LogP contribution in [0, 0.1) is 0 Å². The molecule has 1 aliphatic rings. The summed E-state index contributed by atoms with van der Waals surface area (Å²) in [6, 6.07) is 5.03. The number of esters is 1. The first-order valence-corrected chi connectivity index (χ1v) is 6.56. The number of carbonyl (C=O) groups is 2. The van der Waals surface area contributed by atoms with Gasteiger partial charge in [0.25, 0.3) is 5.91 Å². The molecule has 6 heteroatoms. The van der Waals surface area contributed by atoms with E-state index in [0.29, 0.717) is 16.6 Å². The van der Waals surface area contributed by atoms with Gasteiger partial charge in [-0.2, -0.15) is 5.10 Å². The molecule has 1 aromatic heterocycles. The highest BCUT2D eigenvalue weighted by Crippen LogP contribution is 2.21. The number of nitrogens with one attached hydrogen (secondary N) is 1. The van der Waals surface area contributed by atoms with Gasteiger partial charge in [-0.05, 0) is 31.0 Å². The van der Waals surface area contributed by atoms with Crippen LogP contribution in [-0.2, 0) is 4.74 Å². The third-order valence-corrected chi connectivity index (χ3v) is 3.58. The summed E-state index contributed by atoms with van der Waals surface area (Å²) in [6.45, 7) is 1.54. The fourth-order valence-electron chi connectivity index (χ4n) is 2.49. The summed E-state index contributed by atoms with van der Waals surface area (Å²) >= 11 is 0. The van der Waals surface area contributed by atoms with Crippen LogP contribution in [-0.4, -0.2) is 47.2 Å². The lowest BCUT2D eigenvalue weighted by Gasteiger charge is -2.13. The average molecular weight is 273 g/mol. The van der Waals surface area contributed by atoms with E-state index in [0.717, 1.165) is 31.4 Å². The van der Waals surface area contributed by atoms with Crippen molar-refractivity contribution in [2.75, 3.05) is 20.2 Å². The molecule has 1 aliphatic heterocycles. The molecule has 2 heterocycles. The zero-order chi connectivity index (χ0) is 14.1. The molecular formula is C14H15N3O3. The molecule has 1 N–H and O–H groups in total. The van der Waals surface area contributed by atoms with E-state index in [1.807, 2.05) is 0 Å². The van der Waals surface area contributed by atoms with Crippen molar-refractivity contribution < 1.29 is 14.3 Å². The van der Waals surface area contributed by atoms with Gasteiger partial charge < -0.3 is 9.64 Å². The van der Waals surface area contributed by atoms with Crippen LogP contribution in [0.4, 0.5) is 0 Å². The van der Waals surface area contributed by atoms with E-state index in [9.17, 15) is 9.59 Å². The zero-order valence-electron chi connectivity index (χ0n) is 11.2. The SMILES string of the molecule is COC(=O)c1ccc2[nH]nc(C(=O)N3CCCC3)c2c1. The quantitative estimate of drug-likeness (QED) is 0.843. The van der Waals surface area contributed by atoms with E-state index in [2.05, 4.69) is 10.2 Å². The molecular weight excluding hydrogens is 258 g/mol. The highest BCUT2D eigenvalue weighted by Gasteiger charge is 2.24. The monoisotopic (exact) mass is 273 g/mol. The van der Waals surface area contributed by atoms with Crippen molar-refractivity contribution in [3.63, 3.8) is 0 Å². The molecule has 20 heavy (non-hydrogen) atoms. The number of carbonyl (C=O) groups excluding carboxylic acids is 2. The molecule has 0 saturated carbocycles. The van der Waals surface area contributed by atoms with Crippen LogP contribution in [0.1, 0.15) is 33.7 Å². The number of likely N-dealkylation sites (tertiary alicyclic amines) is 1. The summed E-state index contributed by atoms with van der Waals surface area (Å²) in [7, 11) is 1.33. The number of fused-ring (bicyclic) bond motifs is 1. The second kappa shape index (κ2) is 4.96. The summed E-state index contributed by atoms with van der Waals surface area (Å²) < 4.78 is 4.70. The highest BCUT2D eigenvalue weighted by atomic mass is 16.5. The number of hydrogen-bond donors (Lipinski definition) is 1. The second-order valence-corrected chi connectivity index (χ2v) is 4.82. The minimum Gasteiger partial charge on any atom is -0.465 e. The van der Waals surface area contributed by atoms with Crippen molar-refractivity contribution in [1.82, 2.24) is 15.1 Å². The summed E-state index contributed by atoms with van der Waals surface area (Å²) in [5.74, 6) is -0.511. The first-order valence-electron chi connectivity index (χ1n) is 6.56. The lowest BCUT2D eigenvalue weighted by Crippen LogP contribution is -2.28. The fourth-order valence-corrected chi connectivity index (χ4v) is 2.49. The van der Waals surface area contributed by atoms with Crippen molar-refractivity contribution in [2.24, 2.45) is 0 Å². The van der Waals surface area contributed by atoms with Gasteiger partial charge in [0.2, 0.25) is 0 Å². The van der Waals surface area contributed by atoms with Gasteiger partial charge in [0.05, 0.1) is 18.2 Å². The first kappa shape index (κ1) is 12.7. The lowest BCUT2D eigenvalue weighted by atomic mass is 10.1. The standard InChI is InChI=1S/C14H15N3O3/c1-20-14(19)9-4-5-11-10(8-9)12(16-15-11)13(18)17-6-2-3-7-17/h4-5,8H,2-3,6-7H2,1H3,(H,15,16). The summed E-state index contributed by atoms with van der Waals surface area (Å²) in [4.78, 5) is 25.8. The fraction of sp³-hybridized carbons (Fsp3) is 0.357. The Morgan fingerprint density at radius 1 is 1.30 bits per heavy atom. The number of nitrogens with zero attached hydrogens (tertiary/aromatic N) is 2. The highest BCUT2D eigenvalue weighted by molar-refractivity contribution is 6.06. The molecule has 0 atom stereocenters. The minimum atomic E-state index is -0.423. The number of rotatable bonds is 2. The molecule has 3 rings (SSSR count). The van der Waals surface area contributed by atoms with Crippen molar-refractivity contribution >= 4 is 22.8 Å². The van der Waals surface area contributed by atoms with Gasteiger partial charge >= 0.3 is 5.97 Å².